The number of carbonyl (C=O) groups excluding carboxylic acids is 1. The zero-order valence-corrected chi connectivity index (χ0v) is 13.4. The lowest BCUT2D eigenvalue weighted by atomic mass is 10.3. The predicted octanol–water partition coefficient (Wildman–Crippen LogP) is 1.42. The highest BCUT2D eigenvalue weighted by atomic mass is 16.4. The maximum atomic E-state index is 12.1. The summed E-state index contributed by atoms with van der Waals surface area (Å²) in [6.07, 6.45) is 3.03. The molecular formula is C15H18N6O3. The van der Waals surface area contributed by atoms with Crippen LogP contribution in [0.1, 0.15) is 13.8 Å². The van der Waals surface area contributed by atoms with Crippen molar-refractivity contribution in [2.75, 3.05) is 5.32 Å². The third kappa shape index (κ3) is 3.29. The number of hydrogen-bond acceptors (Lipinski definition) is 5. The van der Waals surface area contributed by atoms with E-state index in [4.69, 9.17) is 4.42 Å². The van der Waals surface area contributed by atoms with Crippen molar-refractivity contribution < 1.29 is 9.21 Å². The second-order valence-corrected chi connectivity index (χ2v) is 5.41. The molecule has 9 nitrogen and oxygen atoms in total. The SMILES string of the molecule is CCn1c(=O)oc2cc(NC(=O)N[C@H](C)Cn3cncn3)ccc21. The van der Waals surface area contributed by atoms with E-state index in [1.807, 2.05) is 13.8 Å². The smallest absolute Gasteiger partial charge is 0.408 e. The van der Waals surface area contributed by atoms with Gasteiger partial charge in [0.1, 0.15) is 12.7 Å². The molecule has 0 unspecified atom stereocenters. The van der Waals surface area contributed by atoms with Crippen LogP contribution in [0.3, 0.4) is 0 Å². The number of oxazole rings is 1. The lowest BCUT2D eigenvalue weighted by molar-refractivity contribution is 0.247. The molecule has 0 saturated heterocycles. The molecule has 2 aromatic heterocycles. The number of nitrogens with one attached hydrogen (secondary N) is 2. The Balaban J connectivity index is 1.65. The van der Waals surface area contributed by atoms with Gasteiger partial charge >= 0.3 is 11.8 Å². The number of anilines is 1. The number of amides is 2. The Hall–Kier alpha value is -3.10. The van der Waals surface area contributed by atoms with Gasteiger partial charge in [0, 0.05) is 24.3 Å². The van der Waals surface area contributed by atoms with Crippen LogP contribution in [0.4, 0.5) is 10.5 Å². The van der Waals surface area contributed by atoms with Crippen LogP contribution in [0, 0.1) is 0 Å². The van der Waals surface area contributed by atoms with Crippen LogP contribution in [-0.4, -0.2) is 31.4 Å². The Morgan fingerprint density at radius 3 is 2.96 bits per heavy atom. The van der Waals surface area contributed by atoms with E-state index < -0.39 is 5.76 Å². The fourth-order valence-corrected chi connectivity index (χ4v) is 2.49. The minimum Gasteiger partial charge on any atom is -0.408 e. The quantitative estimate of drug-likeness (QED) is 0.735. The van der Waals surface area contributed by atoms with Crippen LogP contribution >= 0.6 is 0 Å². The lowest BCUT2D eigenvalue weighted by Gasteiger charge is -2.14. The minimum atomic E-state index is -0.407. The van der Waals surface area contributed by atoms with Gasteiger partial charge in [-0.1, -0.05) is 0 Å². The van der Waals surface area contributed by atoms with Gasteiger partial charge in [0.15, 0.2) is 5.58 Å². The van der Waals surface area contributed by atoms with E-state index in [9.17, 15) is 9.59 Å². The highest BCUT2D eigenvalue weighted by Crippen LogP contribution is 2.18. The third-order valence-corrected chi connectivity index (χ3v) is 3.55. The average Bonchev–Trinajstić information content (AvgIpc) is 3.12. The van der Waals surface area contributed by atoms with E-state index in [0.717, 1.165) is 0 Å². The first-order valence-corrected chi connectivity index (χ1v) is 7.60. The number of urea groups is 1. The Kier molecular flexibility index (Phi) is 4.32. The van der Waals surface area contributed by atoms with Gasteiger partial charge < -0.3 is 15.1 Å². The molecule has 0 aliphatic carbocycles. The summed E-state index contributed by atoms with van der Waals surface area (Å²) in [5.41, 5.74) is 1.69. The molecule has 126 valence electrons. The van der Waals surface area contributed by atoms with Crippen molar-refractivity contribution in [3.8, 4) is 0 Å². The molecule has 3 rings (SSSR count). The van der Waals surface area contributed by atoms with Crippen molar-refractivity contribution in [2.24, 2.45) is 0 Å². The zero-order valence-electron chi connectivity index (χ0n) is 13.4. The van der Waals surface area contributed by atoms with E-state index >= 15 is 0 Å². The van der Waals surface area contributed by atoms with E-state index in [2.05, 4.69) is 20.7 Å². The molecule has 9 heteroatoms. The molecule has 3 aromatic rings. The average molecular weight is 330 g/mol. The van der Waals surface area contributed by atoms with Crippen molar-refractivity contribution in [2.45, 2.75) is 33.0 Å². The first-order valence-electron chi connectivity index (χ1n) is 7.60. The largest absolute Gasteiger partial charge is 0.419 e. The maximum absolute atomic E-state index is 12.1. The Morgan fingerprint density at radius 1 is 1.42 bits per heavy atom. The third-order valence-electron chi connectivity index (χ3n) is 3.55. The zero-order chi connectivity index (χ0) is 17.1. The summed E-state index contributed by atoms with van der Waals surface area (Å²) in [6, 6.07) is 4.63. The van der Waals surface area contributed by atoms with Gasteiger partial charge in [0.05, 0.1) is 12.1 Å². The Morgan fingerprint density at radius 2 is 2.25 bits per heavy atom. The maximum Gasteiger partial charge on any atom is 0.419 e. The fourth-order valence-electron chi connectivity index (χ4n) is 2.49. The molecule has 0 saturated carbocycles. The molecule has 0 aliphatic heterocycles. The summed E-state index contributed by atoms with van der Waals surface area (Å²) in [7, 11) is 0. The molecule has 0 bridgehead atoms. The van der Waals surface area contributed by atoms with E-state index in [1.54, 1.807) is 29.2 Å². The van der Waals surface area contributed by atoms with Crippen LogP contribution < -0.4 is 16.4 Å². The normalized spacial score (nSPS) is 12.2. The number of fused-ring (bicyclic) bond motifs is 1. The molecule has 0 fully saturated rings. The van der Waals surface area contributed by atoms with Crippen LogP contribution in [-0.2, 0) is 13.1 Å². The molecule has 1 aromatic carbocycles. The number of benzene rings is 1. The van der Waals surface area contributed by atoms with Gasteiger partial charge in [-0.3, -0.25) is 9.25 Å². The molecule has 2 heterocycles. The first-order chi connectivity index (χ1) is 11.6. The number of aromatic nitrogens is 4. The Labute approximate surface area is 137 Å². The topological polar surface area (TPSA) is 107 Å². The molecule has 0 aliphatic rings. The molecule has 2 amide bonds. The summed E-state index contributed by atoms with van der Waals surface area (Å²) in [5.74, 6) is -0.407. The van der Waals surface area contributed by atoms with Crippen LogP contribution in [0.5, 0.6) is 0 Å². The van der Waals surface area contributed by atoms with Gasteiger partial charge in [-0.15, -0.1) is 0 Å². The van der Waals surface area contributed by atoms with Crippen molar-refractivity contribution in [3.63, 3.8) is 0 Å². The van der Waals surface area contributed by atoms with Gasteiger partial charge in [-0.05, 0) is 26.0 Å². The van der Waals surface area contributed by atoms with E-state index in [-0.39, 0.29) is 12.1 Å². The molecule has 0 spiro atoms. The Bertz CT molecular complexity index is 896. The molecule has 1 atom stereocenters. The van der Waals surface area contributed by atoms with Crippen molar-refractivity contribution >= 4 is 22.8 Å². The molecule has 24 heavy (non-hydrogen) atoms. The summed E-state index contributed by atoms with van der Waals surface area (Å²) in [6.45, 7) is 4.77. The van der Waals surface area contributed by atoms with E-state index in [0.29, 0.717) is 29.9 Å². The van der Waals surface area contributed by atoms with Crippen molar-refractivity contribution in [3.05, 3.63) is 41.4 Å². The van der Waals surface area contributed by atoms with E-state index in [1.165, 1.54) is 10.9 Å². The summed E-state index contributed by atoms with van der Waals surface area (Å²) >= 11 is 0. The molecular weight excluding hydrogens is 312 g/mol. The van der Waals surface area contributed by atoms with Crippen molar-refractivity contribution in [1.29, 1.82) is 0 Å². The number of aryl methyl sites for hydroxylation is 1. The first kappa shape index (κ1) is 15.8. The second-order valence-electron chi connectivity index (χ2n) is 5.41. The number of hydrogen-bond donors (Lipinski definition) is 2. The fraction of sp³-hybridized carbons (Fsp3) is 0.333. The van der Waals surface area contributed by atoms with Crippen LogP contribution in [0.25, 0.3) is 11.1 Å². The van der Waals surface area contributed by atoms with Crippen LogP contribution in [0.15, 0.2) is 40.1 Å². The van der Waals surface area contributed by atoms with Crippen LogP contribution in [0.2, 0.25) is 0 Å². The highest BCUT2D eigenvalue weighted by Gasteiger charge is 2.11. The molecule has 2 N–H and O–H groups in total. The summed E-state index contributed by atoms with van der Waals surface area (Å²) < 4.78 is 8.35. The van der Waals surface area contributed by atoms with Gasteiger partial charge in [0.25, 0.3) is 0 Å². The van der Waals surface area contributed by atoms with Gasteiger partial charge in [0.2, 0.25) is 0 Å². The van der Waals surface area contributed by atoms with Crippen molar-refractivity contribution in [1.82, 2.24) is 24.6 Å². The lowest BCUT2D eigenvalue weighted by Crippen LogP contribution is -2.38. The second kappa shape index (κ2) is 6.57. The molecule has 0 radical (unpaired) electrons. The van der Waals surface area contributed by atoms with Gasteiger partial charge in [-0.25, -0.2) is 14.6 Å². The summed E-state index contributed by atoms with van der Waals surface area (Å²) in [4.78, 5) is 27.6. The highest BCUT2D eigenvalue weighted by molar-refractivity contribution is 5.91. The monoisotopic (exact) mass is 330 g/mol. The number of carbonyl (C=O) groups is 1. The standard InChI is InChI=1S/C15H18N6O3/c1-3-21-12-5-4-11(6-13(12)24-15(21)23)19-14(22)18-10(2)7-20-9-16-8-17-20/h4-6,8-10H,3,7H2,1-2H3,(H2,18,19,22)/t10-/m1/s1. The number of rotatable bonds is 5. The van der Waals surface area contributed by atoms with Gasteiger partial charge in [-0.2, -0.15) is 5.10 Å². The predicted molar refractivity (Wildman–Crippen MR) is 87.8 cm³/mol. The number of nitrogens with zero attached hydrogens (tertiary/aromatic N) is 4. The summed E-state index contributed by atoms with van der Waals surface area (Å²) in [5, 5.41) is 9.52. The minimum absolute atomic E-state index is 0.130.